The van der Waals surface area contributed by atoms with E-state index < -0.39 is 0 Å². The highest BCUT2D eigenvalue weighted by Gasteiger charge is 2.38. The van der Waals surface area contributed by atoms with Gasteiger partial charge in [0.2, 0.25) is 5.78 Å². The monoisotopic (exact) mass is 405 g/mol. The van der Waals surface area contributed by atoms with Crippen molar-refractivity contribution in [3.05, 3.63) is 94.4 Å². The summed E-state index contributed by atoms with van der Waals surface area (Å²) in [6.07, 6.45) is 3.54. The number of nitrogens with one attached hydrogen (secondary N) is 1. The van der Waals surface area contributed by atoms with Crippen LogP contribution in [0.4, 0.5) is 5.69 Å². The number of aromatic nitrogens is 1. The number of hydrogen-bond donors (Lipinski definition) is 1. The van der Waals surface area contributed by atoms with Crippen LogP contribution >= 0.6 is 11.6 Å². The number of anilines is 1. The molecule has 0 saturated carbocycles. The number of allylic oxidation sites excluding steroid dienone is 2. The first-order valence-corrected chi connectivity index (χ1v) is 9.39. The van der Waals surface area contributed by atoms with Crippen molar-refractivity contribution in [2.24, 2.45) is 0 Å². The van der Waals surface area contributed by atoms with Gasteiger partial charge in [-0.25, -0.2) is 0 Å². The number of Topliss-reactive ketones (excluding diaryl/α,β-unsaturated/α-hetero) is 2. The highest BCUT2D eigenvalue weighted by atomic mass is 35.5. The van der Waals surface area contributed by atoms with E-state index in [1.54, 1.807) is 59.4 Å². The Bertz CT molecular complexity index is 1170. The number of rotatable bonds is 4. The molecule has 1 N–H and O–H groups in total. The largest absolute Gasteiger partial charge is 0.495 e. The Labute approximate surface area is 173 Å². The zero-order valence-corrected chi connectivity index (χ0v) is 16.7. The fraction of sp³-hybridized carbons (Fsp3) is 0.0870. The summed E-state index contributed by atoms with van der Waals surface area (Å²) >= 11 is 6.23. The quantitative estimate of drug-likeness (QED) is 0.657. The van der Waals surface area contributed by atoms with Crippen LogP contribution in [0.15, 0.2) is 72.7 Å². The minimum absolute atomic E-state index is 0.198. The third-order valence-corrected chi connectivity index (χ3v) is 5.07. The van der Waals surface area contributed by atoms with Crippen LogP contribution in [0.25, 0.3) is 5.70 Å². The van der Waals surface area contributed by atoms with Gasteiger partial charge in [-0.3, -0.25) is 9.59 Å². The van der Waals surface area contributed by atoms with E-state index in [0.29, 0.717) is 27.6 Å². The average molecular weight is 406 g/mol. The maximum Gasteiger partial charge on any atom is 0.286 e. The molecule has 0 fully saturated rings. The molecule has 2 aromatic carbocycles. The van der Waals surface area contributed by atoms with Crippen LogP contribution in [0.1, 0.15) is 26.3 Å². The third kappa shape index (κ3) is 3.41. The zero-order valence-electron chi connectivity index (χ0n) is 15.9. The molecule has 0 amide bonds. The SMILES string of the molecule is COc1ccc(NC2=C([n+]3ccc(C)cc3)C(=O)c3ccccc3C2=O)cc1Cl. The summed E-state index contributed by atoms with van der Waals surface area (Å²) in [4.78, 5) is 26.6. The zero-order chi connectivity index (χ0) is 20.5. The normalized spacial score (nSPS) is 13.3. The van der Waals surface area contributed by atoms with Crippen LogP contribution in [-0.2, 0) is 0 Å². The molecule has 29 heavy (non-hydrogen) atoms. The van der Waals surface area contributed by atoms with Gasteiger partial charge in [0.25, 0.3) is 11.5 Å². The van der Waals surface area contributed by atoms with E-state index in [1.807, 2.05) is 19.1 Å². The van der Waals surface area contributed by atoms with Crippen molar-refractivity contribution in [2.75, 3.05) is 12.4 Å². The molecule has 4 rings (SSSR count). The van der Waals surface area contributed by atoms with Crippen molar-refractivity contribution in [2.45, 2.75) is 6.92 Å². The summed E-state index contributed by atoms with van der Waals surface area (Å²) in [6.45, 7) is 1.96. The Balaban J connectivity index is 1.88. The predicted molar refractivity (Wildman–Crippen MR) is 111 cm³/mol. The lowest BCUT2D eigenvalue weighted by Gasteiger charge is -2.19. The van der Waals surface area contributed by atoms with Gasteiger partial charge in [-0.1, -0.05) is 35.9 Å². The molecule has 0 unspecified atom stereocenters. The second kappa shape index (κ2) is 7.53. The topological polar surface area (TPSA) is 59.3 Å². The molecule has 0 atom stereocenters. The first-order valence-electron chi connectivity index (χ1n) is 9.01. The number of aryl methyl sites for hydroxylation is 1. The molecule has 3 aromatic rings. The van der Waals surface area contributed by atoms with Crippen molar-refractivity contribution in [3.8, 4) is 5.75 Å². The minimum Gasteiger partial charge on any atom is -0.495 e. The Morgan fingerprint density at radius 1 is 0.931 bits per heavy atom. The molecular formula is C23H18ClN2O3+. The highest BCUT2D eigenvalue weighted by molar-refractivity contribution is 6.36. The van der Waals surface area contributed by atoms with E-state index in [1.165, 1.54) is 7.11 Å². The number of carbonyl (C=O) groups is 2. The molecule has 1 aromatic heterocycles. The molecule has 0 spiro atoms. The van der Waals surface area contributed by atoms with Crippen LogP contribution in [0, 0.1) is 6.92 Å². The lowest BCUT2D eigenvalue weighted by atomic mass is 9.90. The predicted octanol–water partition coefficient (Wildman–Crippen LogP) is 4.30. The molecule has 0 saturated heterocycles. The maximum atomic E-state index is 13.3. The fourth-order valence-electron chi connectivity index (χ4n) is 3.26. The van der Waals surface area contributed by atoms with Gasteiger partial charge in [0.15, 0.2) is 18.1 Å². The van der Waals surface area contributed by atoms with Crippen LogP contribution in [0.2, 0.25) is 5.02 Å². The maximum absolute atomic E-state index is 13.3. The Hall–Kier alpha value is -3.44. The van der Waals surface area contributed by atoms with Crippen molar-refractivity contribution >= 4 is 34.6 Å². The molecule has 6 heteroatoms. The molecule has 1 aliphatic carbocycles. The van der Waals surface area contributed by atoms with E-state index in [0.717, 1.165) is 5.56 Å². The van der Waals surface area contributed by atoms with Crippen LogP contribution in [0.3, 0.4) is 0 Å². The first-order chi connectivity index (χ1) is 14.0. The van der Waals surface area contributed by atoms with Crippen LogP contribution < -0.4 is 14.6 Å². The number of ether oxygens (including phenoxy) is 1. The molecular weight excluding hydrogens is 388 g/mol. The Morgan fingerprint density at radius 2 is 1.59 bits per heavy atom. The average Bonchev–Trinajstić information content (AvgIpc) is 2.73. The lowest BCUT2D eigenvalue weighted by molar-refractivity contribution is -0.577. The highest BCUT2D eigenvalue weighted by Crippen LogP contribution is 2.31. The van der Waals surface area contributed by atoms with Crippen LogP contribution in [-0.4, -0.2) is 18.7 Å². The number of benzene rings is 2. The second-order valence-electron chi connectivity index (χ2n) is 6.68. The first kappa shape index (κ1) is 18.9. The molecule has 5 nitrogen and oxygen atoms in total. The molecule has 0 radical (unpaired) electrons. The molecule has 0 bridgehead atoms. The number of methoxy groups -OCH3 is 1. The summed E-state index contributed by atoms with van der Waals surface area (Å²) < 4.78 is 6.84. The van der Waals surface area contributed by atoms with E-state index >= 15 is 0 Å². The van der Waals surface area contributed by atoms with Gasteiger partial charge in [-0.15, -0.1) is 0 Å². The Kier molecular flexibility index (Phi) is 4.91. The van der Waals surface area contributed by atoms with Crippen molar-refractivity contribution in [3.63, 3.8) is 0 Å². The number of pyridine rings is 1. The second-order valence-corrected chi connectivity index (χ2v) is 7.09. The standard InChI is InChI=1S/C23H17ClN2O3/c1-14-9-11-26(12-10-14)21-20(25-15-7-8-19(29-2)18(24)13-15)22(27)16-5-3-4-6-17(16)23(21)28/h3-13H,1-2H3/p+1. The number of halogens is 1. The van der Waals surface area contributed by atoms with Crippen molar-refractivity contribution in [1.82, 2.24) is 0 Å². The van der Waals surface area contributed by atoms with Gasteiger partial charge in [0.05, 0.1) is 12.1 Å². The van der Waals surface area contributed by atoms with Crippen molar-refractivity contribution in [1.29, 1.82) is 0 Å². The van der Waals surface area contributed by atoms with Gasteiger partial charge in [0, 0.05) is 28.9 Å². The summed E-state index contributed by atoms with van der Waals surface area (Å²) in [5, 5.41) is 3.51. The number of nitrogens with zero attached hydrogens (tertiary/aromatic N) is 1. The summed E-state index contributed by atoms with van der Waals surface area (Å²) in [5.41, 5.74) is 2.85. The molecule has 0 aliphatic heterocycles. The fourth-order valence-corrected chi connectivity index (χ4v) is 3.52. The summed E-state index contributed by atoms with van der Waals surface area (Å²) in [6, 6.07) is 15.7. The van der Waals surface area contributed by atoms with E-state index in [9.17, 15) is 9.59 Å². The smallest absolute Gasteiger partial charge is 0.286 e. The molecule has 1 aliphatic rings. The van der Waals surface area contributed by atoms with Crippen molar-refractivity contribution < 1.29 is 18.9 Å². The number of ketones is 2. The van der Waals surface area contributed by atoms with Gasteiger partial charge < -0.3 is 10.1 Å². The minimum atomic E-state index is -0.254. The van der Waals surface area contributed by atoms with Gasteiger partial charge in [-0.05, 0) is 30.7 Å². The van der Waals surface area contributed by atoms with Gasteiger partial charge >= 0.3 is 0 Å². The van der Waals surface area contributed by atoms with Gasteiger partial charge in [-0.2, -0.15) is 4.57 Å². The third-order valence-electron chi connectivity index (χ3n) is 4.77. The van der Waals surface area contributed by atoms with Gasteiger partial charge in [0.1, 0.15) is 5.75 Å². The number of fused-ring (bicyclic) bond motifs is 1. The lowest BCUT2D eigenvalue weighted by Crippen LogP contribution is -2.42. The van der Waals surface area contributed by atoms with E-state index in [-0.39, 0.29) is 23.0 Å². The summed E-state index contributed by atoms with van der Waals surface area (Å²) in [7, 11) is 1.53. The van der Waals surface area contributed by atoms with E-state index in [4.69, 9.17) is 16.3 Å². The molecule has 1 heterocycles. The Morgan fingerprint density at radius 3 is 2.21 bits per heavy atom. The van der Waals surface area contributed by atoms with E-state index in [2.05, 4.69) is 5.32 Å². The summed E-state index contributed by atoms with van der Waals surface area (Å²) in [5.74, 6) is 0.0436. The number of carbonyl (C=O) groups excluding carboxylic acids is 2. The molecule has 144 valence electrons. The van der Waals surface area contributed by atoms with Crippen LogP contribution in [0.5, 0.6) is 5.75 Å². The number of hydrogen-bond acceptors (Lipinski definition) is 4.